The highest BCUT2D eigenvalue weighted by molar-refractivity contribution is 5.98. The minimum Gasteiger partial charge on any atom is -0.330 e. The SMILES string of the molecule is CCC(C)c1ccc(C(=O)C(CN)C(C)C)cc1. The molecule has 0 fully saturated rings. The van der Waals surface area contributed by atoms with Crippen LogP contribution in [-0.4, -0.2) is 12.3 Å². The van der Waals surface area contributed by atoms with Crippen LogP contribution in [0.2, 0.25) is 0 Å². The molecular weight excluding hydrogens is 222 g/mol. The van der Waals surface area contributed by atoms with Crippen molar-refractivity contribution in [1.29, 1.82) is 0 Å². The molecule has 0 radical (unpaired) electrons. The zero-order valence-electron chi connectivity index (χ0n) is 11.9. The van der Waals surface area contributed by atoms with Crippen LogP contribution in [0.5, 0.6) is 0 Å². The van der Waals surface area contributed by atoms with Crippen molar-refractivity contribution in [2.45, 2.75) is 40.0 Å². The van der Waals surface area contributed by atoms with Crippen molar-refractivity contribution in [3.8, 4) is 0 Å². The van der Waals surface area contributed by atoms with Crippen molar-refractivity contribution in [3.63, 3.8) is 0 Å². The van der Waals surface area contributed by atoms with Gasteiger partial charge in [0.15, 0.2) is 5.78 Å². The van der Waals surface area contributed by atoms with E-state index in [-0.39, 0.29) is 17.6 Å². The van der Waals surface area contributed by atoms with E-state index in [2.05, 4.69) is 26.0 Å². The Morgan fingerprint density at radius 3 is 2.11 bits per heavy atom. The second-order valence-corrected chi connectivity index (χ2v) is 5.38. The highest BCUT2D eigenvalue weighted by Gasteiger charge is 2.21. The molecule has 0 bridgehead atoms. The smallest absolute Gasteiger partial charge is 0.167 e. The first kappa shape index (κ1) is 14.9. The first-order valence-corrected chi connectivity index (χ1v) is 6.85. The molecule has 0 aliphatic carbocycles. The second-order valence-electron chi connectivity index (χ2n) is 5.38. The van der Waals surface area contributed by atoms with Gasteiger partial charge in [-0.05, 0) is 23.8 Å². The molecule has 2 nitrogen and oxygen atoms in total. The van der Waals surface area contributed by atoms with Gasteiger partial charge in [0, 0.05) is 18.0 Å². The van der Waals surface area contributed by atoms with Gasteiger partial charge in [0.25, 0.3) is 0 Å². The van der Waals surface area contributed by atoms with Crippen LogP contribution in [0.4, 0.5) is 0 Å². The fourth-order valence-electron chi connectivity index (χ4n) is 2.11. The largest absolute Gasteiger partial charge is 0.330 e. The standard InChI is InChI=1S/C16H25NO/c1-5-12(4)13-6-8-14(9-7-13)16(18)15(10-17)11(2)3/h6-9,11-12,15H,5,10,17H2,1-4H3. The van der Waals surface area contributed by atoms with Crippen molar-refractivity contribution >= 4 is 5.78 Å². The maximum atomic E-state index is 12.3. The van der Waals surface area contributed by atoms with Crippen LogP contribution in [0.15, 0.2) is 24.3 Å². The van der Waals surface area contributed by atoms with E-state index in [0.717, 1.165) is 12.0 Å². The van der Waals surface area contributed by atoms with Gasteiger partial charge in [0.1, 0.15) is 0 Å². The summed E-state index contributed by atoms with van der Waals surface area (Å²) in [5, 5.41) is 0. The predicted molar refractivity (Wildman–Crippen MR) is 76.9 cm³/mol. The topological polar surface area (TPSA) is 43.1 Å². The average Bonchev–Trinajstić information content (AvgIpc) is 2.38. The zero-order valence-corrected chi connectivity index (χ0v) is 11.9. The predicted octanol–water partition coefficient (Wildman–Crippen LogP) is 3.61. The first-order chi connectivity index (χ1) is 8.51. The minimum absolute atomic E-state index is 0.0700. The van der Waals surface area contributed by atoms with Gasteiger partial charge >= 0.3 is 0 Å². The molecule has 18 heavy (non-hydrogen) atoms. The third kappa shape index (κ3) is 3.42. The minimum atomic E-state index is -0.0700. The molecule has 0 aliphatic rings. The number of ketones is 1. The molecule has 0 saturated heterocycles. The van der Waals surface area contributed by atoms with Gasteiger partial charge in [0.05, 0.1) is 0 Å². The van der Waals surface area contributed by atoms with Crippen LogP contribution < -0.4 is 5.73 Å². The molecule has 0 spiro atoms. The van der Waals surface area contributed by atoms with Crippen molar-refractivity contribution < 1.29 is 4.79 Å². The summed E-state index contributed by atoms with van der Waals surface area (Å²) in [5.74, 6) is 0.934. The maximum absolute atomic E-state index is 12.3. The summed E-state index contributed by atoms with van der Waals surface area (Å²) in [6.07, 6.45) is 1.12. The summed E-state index contributed by atoms with van der Waals surface area (Å²) < 4.78 is 0. The van der Waals surface area contributed by atoms with E-state index in [0.29, 0.717) is 12.5 Å². The number of hydrogen-bond acceptors (Lipinski definition) is 2. The number of rotatable bonds is 6. The fourth-order valence-corrected chi connectivity index (χ4v) is 2.11. The van der Waals surface area contributed by atoms with Gasteiger partial charge in [-0.15, -0.1) is 0 Å². The summed E-state index contributed by atoms with van der Waals surface area (Å²) in [7, 11) is 0. The molecule has 1 aromatic carbocycles. The third-order valence-electron chi connectivity index (χ3n) is 3.77. The highest BCUT2D eigenvalue weighted by atomic mass is 16.1. The lowest BCUT2D eigenvalue weighted by Crippen LogP contribution is -2.28. The number of carbonyl (C=O) groups excluding carboxylic acids is 1. The summed E-state index contributed by atoms with van der Waals surface area (Å²) in [6, 6.07) is 8.01. The van der Waals surface area contributed by atoms with E-state index < -0.39 is 0 Å². The molecule has 2 unspecified atom stereocenters. The molecule has 100 valence electrons. The zero-order chi connectivity index (χ0) is 13.7. The molecule has 1 rings (SSSR count). The number of hydrogen-bond donors (Lipinski definition) is 1. The van der Waals surface area contributed by atoms with Crippen molar-refractivity contribution in [2.24, 2.45) is 17.6 Å². The van der Waals surface area contributed by atoms with Crippen LogP contribution in [-0.2, 0) is 0 Å². The molecule has 0 aliphatic heterocycles. The Balaban J connectivity index is 2.88. The number of Topliss-reactive ketones (excluding diaryl/α,β-unsaturated/α-hetero) is 1. The fraction of sp³-hybridized carbons (Fsp3) is 0.562. The van der Waals surface area contributed by atoms with Crippen LogP contribution in [0.1, 0.15) is 56.0 Å². The quantitative estimate of drug-likeness (QED) is 0.780. The van der Waals surface area contributed by atoms with Crippen molar-refractivity contribution in [1.82, 2.24) is 0 Å². The van der Waals surface area contributed by atoms with Crippen LogP contribution in [0.3, 0.4) is 0 Å². The Morgan fingerprint density at radius 1 is 1.17 bits per heavy atom. The monoisotopic (exact) mass is 247 g/mol. The van der Waals surface area contributed by atoms with Crippen molar-refractivity contribution in [3.05, 3.63) is 35.4 Å². The van der Waals surface area contributed by atoms with Gasteiger partial charge in [-0.25, -0.2) is 0 Å². The molecule has 2 heteroatoms. The number of carbonyl (C=O) groups is 1. The normalized spacial score (nSPS) is 14.6. The lowest BCUT2D eigenvalue weighted by Gasteiger charge is -2.18. The molecular formula is C16H25NO. The maximum Gasteiger partial charge on any atom is 0.167 e. The Hall–Kier alpha value is -1.15. The van der Waals surface area contributed by atoms with Gasteiger partial charge in [0.2, 0.25) is 0 Å². The lowest BCUT2D eigenvalue weighted by molar-refractivity contribution is 0.0892. The molecule has 1 aromatic rings. The Labute approximate surface area is 111 Å². The van der Waals surface area contributed by atoms with Gasteiger partial charge in [-0.3, -0.25) is 4.79 Å². The summed E-state index contributed by atoms with van der Waals surface area (Å²) >= 11 is 0. The van der Waals surface area contributed by atoms with E-state index in [1.807, 2.05) is 26.0 Å². The molecule has 2 atom stereocenters. The van der Waals surface area contributed by atoms with E-state index in [1.54, 1.807) is 0 Å². The van der Waals surface area contributed by atoms with Gasteiger partial charge in [-0.2, -0.15) is 0 Å². The molecule has 2 N–H and O–H groups in total. The first-order valence-electron chi connectivity index (χ1n) is 6.85. The van der Waals surface area contributed by atoms with E-state index >= 15 is 0 Å². The number of nitrogens with two attached hydrogens (primary N) is 1. The van der Waals surface area contributed by atoms with E-state index in [1.165, 1.54) is 5.56 Å². The summed E-state index contributed by atoms with van der Waals surface area (Å²) in [5.41, 5.74) is 7.77. The van der Waals surface area contributed by atoms with Gasteiger partial charge < -0.3 is 5.73 Å². The lowest BCUT2D eigenvalue weighted by atomic mass is 9.87. The third-order valence-corrected chi connectivity index (χ3v) is 3.77. The average molecular weight is 247 g/mol. The van der Waals surface area contributed by atoms with E-state index in [9.17, 15) is 4.79 Å². The van der Waals surface area contributed by atoms with E-state index in [4.69, 9.17) is 5.73 Å². The highest BCUT2D eigenvalue weighted by Crippen LogP contribution is 2.21. The molecule has 0 amide bonds. The van der Waals surface area contributed by atoms with Crippen LogP contribution >= 0.6 is 0 Å². The number of benzene rings is 1. The molecule has 0 saturated carbocycles. The van der Waals surface area contributed by atoms with Gasteiger partial charge in [-0.1, -0.05) is 52.0 Å². The summed E-state index contributed by atoms with van der Waals surface area (Å²) in [6.45, 7) is 8.89. The Bertz CT molecular complexity index is 381. The van der Waals surface area contributed by atoms with Crippen LogP contribution in [0.25, 0.3) is 0 Å². The van der Waals surface area contributed by atoms with Crippen molar-refractivity contribution in [2.75, 3.05) is 6.54 Å². The summed E-state index contributed by atoms with van der Waals surface area (Å²) in [4.78, 5) is 12.3. The molecule has 0 heterocycles. The second kappa shape index (κ2) is 6.69. The van der Waals surface area contributed by atoms with Crippen LogP contribution in [0, 0.1) is 11.8 Å². The molecule has 0 aromatic heterocycles. The Morgan fingerprint density at radius 2 is 1.72 bits per heavy atom. The Kier molecular flexibility index (Phi) is 5.54.